The van der Waals surface area contributed by atoms with Gasteiger partial charge in [-0.1, -0.05) is 13.0 Å². The number of pyridine rings is 2. The number of aryl methyl sites for hydroxylation is 1. The molecule has 0 radical (unpaired) electrons. The van der Waals surface area contributed by atoms with E-state index >= 15 is 0 Å². The maximum absolute atomic E-state index is 13.6. The third-order valence-electron chi connectivity index (χ3n) is 7.50. The van der Waals surface area contributed by atoms with Crippen molar-refractivity contribution < 1.29 is 9.53 Å². The number of aromatic nitrogens is 5. The van der Waals surface area contributed by atoms with Crippen LogP contribution in [-0.4, -0.2) is 44.4 Å². The number of carbonyl (C=O) groups excluding carboxylic acids is 1. The summed E-state index contributed by atoms with van der Waals surface area (Å²) in [5.74, 6) is 2.26. The number of nitrogens with two attached hydrogens (primary N) is 1. The van der Waals surface area contributed by atoms with Gasteiger partial charge in [-0.2, -0.15) is 0 Å². The molecule has 0 spiro atoms. The summed E-state index contributed by atoms with van der Waals surface area (Å²) in [4.78, 5) is 25.1. The third-order valence-corrected chi connectivity index (χ3v) is 7.50. The van der Waals surface area contributed by atoms with Crippen LogP contribution in [0, 0.1) is 0 Å². The number of rotatable bonds is 6. The molecule has 6 rings (SSSR count). The van der Waals surface area contributed by atoms with Crippen LogP contribution in [0.1, 0.15) is 78.3 Å². The van der Waals surface area contributed by atoms with Gasteiger partial charge in [-0.15, -0.1) is 10.2 Å². The fourth-order valence-corrected chi connectivity index (χ4v) is 5.12. The summed E-state index contributed by atoms with van der Waals surface area (Å²) in [6.45, 7) is 5.09. The highest BCUT2D eigenvalue weighted by Crippen LogP contribution is 2.48. The van der Waals surface area contributed by atoms with Gasteiger partial charge in [-0.25, -0.2) is 4.98 Å². The van der Waals surface area contributed by atoms with Gasteiger partial charge < -0.3 is 15.0 Å². The highest BCUT2D eigenvalue weighted by Gasteiger charge is 2.43. The standard InChI is InChI=1S/C25H29N7O2/c1-14-7-8-21-29-30-23(32(14)21)18-5-4-6-20(27-18)31-12-16-15(24(31)33)11-19(25(2)9-10-25)28-22(16)17(26)13-34-3/h4-6,11,14,17H,7-10,12-13,26H2,1-3H3. The van der Waals surface area contributed by atoms with E-state index in [0.717, 1.165) is 60.0 Å². The monoisotopic (exact) mass is 459 g/mol. The quantitative estimate of drug-likeness (QED) is 0.603. The van der Waals surface area contributed by atoms with Crippen molar-refractivity contribution in [1.82, 2.24) is 24.7 Å². The van der Waals surface area contributed by atoms with Crippen molar-refractivity contribution >= 4 is 11.7 Å². The fourth-order valence-electron chi connectivity index (χ4n) is 5.12. The minimum absolute atomic E-state index is 0.0210. The van der Waals surface area contributed by atoms with Gasteiger partial charge in [-0.3, -0.25) is 14.7 Å². The van der Waals surface area contributed by atoms with Crippen molar-refractivity contribution in [1.29, 1.82) is 0 Å². The molecule has 1 fully saturated rings. The molecule has 5 heterocycles. The van der Waals surface area contributed by atoms with Crippen LogP contribution in [0.25, 0.3) is 11.5 Å². The number of hydrogen-bond acceptors (Lipinski definition) is 7. The smallest absolute Gasteiger partial charge is 0.260 e. The Morgan fingerprint density at radius 3 is 2.85 bits per heavy atom. The van der Waals surface area contributed by atoms with Crippen LogP contribution >= 0.6 is 0 Å². The van der Waals surface area contributed by atoms with Crippen LogP contribution in [-0.2, 0) is 23.1 Å². The van der Waals surface area contributed by atoms with Gasteiger partial charge in [0.1, 0.15) is 17.3 Å². The van der Waals surface area contributed by atoms with E-state index in [4.69, 9.17) is 20.4 Å². The van der Waals surface area contributed by atoms with Crippen molar-refractivity contribution in [2.75, 3.05) is 18.6 Å². The number of fused-ring (bicyclic) bond motifs is 2. The number of nitrogens with zero attached hydrogens (tertiary/aromatic N) is 6. The molecule has 9 nitrogen and oxygen atoms in total. The summed E-state index contributed by atoms with van der Waals surface area (Å²) in [6.07, 6.45) is 4.11. The molecule has 34 heavy (non-hydrogen) atoms. The summed E-state index contributed by atoms with van der Waals surface area (Å²) < 4.78 is 7.46. The summed E-state index contributed by atoms with van der Waals surface area (Å²) in [7, 11) is 1.63. The molecule has 2 atom stereocenters. The minimum atomic E-state index is -0.395. The number of hydrogen-bond donors (Lipinski definition) is 1. The summed E-state index contributed by atoms with van der Waals surface area (Å²) >= 11 is 0. The van der Waals surface area contributed by atoms with Crippen LogP contribution in [0.5, 0.6) is 0 Å². The Morgan fingerprint density at radius 2 is 2.09 bits per heavy atom. The molecule has 3 aromatic heterocycles. The maximum Gasteiger partial charge on any atom is 0.260 e. The van der Waals surface area contributed by atoms with Gasteiger partial charge in [0.15, 0.2) is 5.82 Å². The minimum Gasteiger partial charge on any atom is -0.383 e. The molecule has 176 valence electrons. The van der Waals surface area contributed by atoms with Crippen molar-refractivity contribution in [3.05, 3.63) is 52.6 Å². The molecule has 0 aromatic carbocycles. The third kappa shape index (κ3) is 3.25. The largest absolute Gasteiger partial charge is 0.383 e. The fraction of sp³-hybridized carbons (Fsp3) is 0.480. The topological polar surface area (TPSA) is 112 Å². The zero-order valence-electron chi connectivity index (χ0n) is 19.8. The van der Waals surface area contributed by atoms with E-state index in [2.05, 4.69) is 28.6 Å². The molecule has 1 aliphatic carbocycles. The van der Waals surface area contributed by atoms with Crippen LogP contribution in [0.4, 0.5) is 5.82 Å². The molecule has 9 heteroatoms. The molecule has 3 aliphatic rings. The van der Waals surface area contributed by atoms with E-state index in [9.17, 15) is 4.79 Å². The second kappa shape index (κ2) is 7.68. The molecule has 2 N–H and O–H groups in total. The maximum atomic E-state index is 13.6. The summed E-state index contributed by atoms with van der Waals surface area (Å²) in [5.41, 5.74) is 10.4. The molecule has 1 amide bonds. The van der Waals surface area contributed by atoms with Crippen molar-refractivity contribution in [2.45, 2.75) is 63.6 Å². The Hall–Kier alpha value is -3.17. The van der Waals surface area contributed by atoms with Crippen molar-refractivity contribution in [2.24, 2.45) is 5.73 Å². The Balaban J connectivity index is 1.39. The van der Waals surface area contributed by atoms with Crippen molar-refractivity contribution in [3.63, 3.8) is 0 Å². The van der Waals surface area contributed by atoms with Gasteiger partial charge in [-0.05, 0) is 44.4 Å². The number of ether oxygens (including phenoxy) is 1. The first-order valence-corrected chi connectivity index (χ1v) is 11.9. The van der Waals surface area contributed by atoms with Crippen LogP contribution < -0.4 is 10.6 Å². The molecular formula is C25H29N7O2. The van der Waals surface area contributed by atoms with Gasteiger partial charge >= 0.3 is 0 Å². The van der Waals surface area contributed by atoms with E-state index < -0.39 is 6.04 Å². The number of carbonyl (C=O) groups is 1. The van der Waals surface area contributed by atoms with E-state index in [-0.39, 0.29) is 11.3 Å². The Morgan fingerprint density at radius 1 is 1.26 bits per heavy atom. The molecule has 3 aromatic rings. The average molecular weight is 460 g/mol. The summed E-state index contributed by atoms with van der Waals surface area (Å²) in [6, 6.07) is 7.61. The molecule has 2 unspecified atom stereocenters. The lowest BCUT2D eigenvalue weighted by Crippen LogP contribution is -2.24. The number of amides is 1. The van der Waals surface area contributed by atoms with E-state index in [1.807, 2.05) is 24.3 Å². The summed E-state index contributed by atoms with van der Waals surface area (Å²) in [5, 5.41) is 8.74. The van der Waals surface area contributed by atoms with Crippen LogP contribution in [0.15, 0.2) is 24.3 Å². The second-order valence-electron chi connectivity index (χ2n) is 10.0. The van der Waals surface area contributed by atoms with Gasteiger partial charge in [0.05, 0.1) is 24.9 Å². The van der Waals surface area contributed by atoms with E-state index in [1.54, 1.807) is 12.0 Å². The lowest BCUT2D eigenvalue weighted by molar-refractivity contribution is 0.0995. The Labute approximate surface area is 198 Å². The molecule has 2 aliphatic heterocycles. The van der Waals surface area contributed by atoms with Crippen LogP contribution in [0.3, 0.4) is 0 Å². The predicted octanol–water partition coefficient (Wildman–Crippen LogP) is 3.10. The first-order valence-electron chi connectivity index (χ1n) is 11.9. The molecule has 0 saturated heterocycles. The highest BCUT2D eigenvalue weighted by molar-refractivity contribution is 6.10. The molecule has 0 bridgehead atoms. The van der Waals surface area contributed by atoms with Crippen LogP contribution in [0.2, 0.25) is 0 Å². The Bertz CT molecular complexity index is 1300. The zero-order valence-corrected chi connectivity index (χ0v) is 19.8. The first-order chi connectivity index (χ1) is 16.4. The zero-order chi connectivity index (χ0) is 23.6. The second-order valence-corrected chi connectivity index (χ2v) is 10.0. The lowest BCUT2D eigenvalue weighted by Gasteiger charge is -2.18. The molecule has 1 saturated carbocycles. The molecular weight excluding hydrogens is 430 g/mol. The van der Waals surface area contributed by atoms with Gasteiger partial charge in [0.25, 0.3) is 5.91 Å². The van der Waals surface area contributed by atoms with E-state index in [1.165, 1.54) is 0 Å². The average Bonchev–Trinajstić information content (AvgIpc) is 3.16. The van der Waals surface area contributed by atoms with E-state index in [0.29, 0.717) is 30.6 Å². The SMILES string of the molecule is COCC(N)c1nc(C2(C)CC2)cc2c1CN(c1cccc(-c3nnc4n3C(C)CC4)n1)C2=O. The normalized spacial score (nSPS) is 21.0. The Kier molecular flexibility index (Phi) is 4.82. The van der Waals surface area contributed by atoms with Crippen molar-refractivity contribution in [3.8, 4) is 11.5 Å². The highest BCUT2D eigenvalue weighted by atomic mass is 16.5. The number of anilines is 1. The lowest BCUT2D eigenvalue weighted by atomic mass is 9.97. The first kappa shape index (κ1) is 21.4. The number of methoxy groups -OCH3 is 1. The van der Waals surface area contributed by atoms with Gasteiger partial charge in [0.2, 0.25) is 0 Å². The van der Waals surface area contributed by atoms with Gasteiger partial charge in [0, 0.05) is 41.8 Å². The predicted molar refractivity (Wildman–Crippen MR) is 126 cm³/mol.